The summed E-state index contributed by atoms with van der Waals surface area (Å²) in [5, 5.41) is 36.5. The quantitative estimate of drug-likeness (QED) is 0.299. The first kappa shape index (κ1) is 25.7. The van der Waals surface area contributed by atoms with Gasteiger partial charge in [0.25, 0.3) is 5.91 Å². The van der Waals surface area contributed by atoms with E-state index in [0.717, 1.165) is 11.1 Å². The number of carbonyl (C=O) groups excluding carboxylic acids is 1. The molecule has 0 unspecified atom stereocenters. The van der Waals surface area contributed by atoms with Crippen molar-refractivity contribution in [2.75, 3.05) is 6.54 Å². The monoisotopic (exact) mass is 482 g/mol. The summed E-state index contributed by atoms with van der Waals surface area (Å²) in [5.74, 6) is -0.154. The Morgan fingerprint density at radius 3 is 2.50 bits per heavy atom. The first-order valence-electron chi connectivity index (χ1n) is 11.1. The van der Waals surface area contributed by atoms with E-state index >= 15 is 0 Å². The SMILES string of the molecule is CC(C)(Cc1cccc(C(=O)NCc2cccc(Cl)c2)c1)NC[C@H](O)c1ccc(O)c(CO)c1. The highest BCUT2D eigenvalue weighted by Gasteiger charge is 2.21. The minimum Gasteiger partial charge on any atom is -0.508 e. The molecule has 0 saturated carbocycles. The lowest BCUT2D eigenvalue weighted by Gasteiger charge is -2.28. The van der Waals surface area contributed by atoms with E-state index in [0.29, 0.717) is 41.2 Å². The molecule has 1 amide bonds. The zero-order valence-electron chi connectivity index (χ0n) is 19.4. The third-order valence-corrected chi connectivity index (χ3v) is 5.85. The number of rotatable bonds is 10. The van der Waals surface area contributed by atoms with Crippen LogP contribution in [-0.4, -0.2) is 33.3 Å². The highest BCUT2D eigenvalue weighted by atomic mass is 35.5. The number of hydrogen-bond donors (Lipinski definition) is 5. The second-order valence-corrected chi connectivity index (χ2v) is 9.45. The minimum absolute atomic E-state index is 0.00299. The van der Waals surface area contributed by atoms with Crippen molar-refractivity contribution in [2.45, 2.75) is 45.1 Å². The molecule has 3 rings (SSSR count). The van der Waals surface area contributed by atoms with Crippen molar-refractivity contribution in [1.82, 2.24) is 10.6 Å². The number of amides is 1. The number of aliphatic hydroxyl groups excluding tert-OH is 2. The Labute approximate surface area is 205 Å². The molecule has 0 aliphatic carbocycles. The van der Waals surface area contributed by atoms with Crippen molar-refractivity contribution >= 4 is 17.5 Å². The smallest absolute Gasteiger partial charge is 0.251 e. The van der Waals surface area contributed by atoms with Gasteiger partial charge in [0.05, 0.1) is 12.7 Å². The van der Waals surface area contributed by atoms with Gasteiger partial charge in [0, 0.05) is 34.8 Å². The molecule has 0 aliphatic rings. The van der Waals surface area contributed by atoms with Crippen LogP contribution in [0.3, 0.4) is 0 Å². The van der Waals surface area contributed by atoms with E-state index in [2.05, 4.69) is 10.6 Å². The highest BCUT2D eigenvalue weighted by molar-refractivity contribution is 6.30. The van der Waals surface area contributed by atoms with Gasteiger partial charge in [-0.25, -0.2) is 0 Å². The fraction of sp³-hybridized carbons (Fsp3) is 0.296. The van der Waals surface area contributed by atoms with E-state index in [9.17, 15) is 20.1 Å². The summed E-state index contributed by atoms with van der Waals surface area (Å²) in [6, 6.07) is 19.6. The van der Waals surface area contributed by atoms with Gasteiger partial charge in [-0.3, -0.25) is 4.79 Å². The maximum atomic E-state index is 12.6. The van der Waals surface area contributed by atoms with E-state index in [1.807, 2.05) is 50.2 Å². The summed E-state index contributed by atoms with van der Waals surface area (Å²) in [5.41, 5.74) is 3.14. The average molecular weight is 483 g/mol. The Balaban J connectivity index is 1.57. The second-order valence-electron chi connectivity index (χ2n) is 9.02. The van der Waals surface area contributed by atoms with Gasteiger partial charge in [0.1, 0.15) is 5.75 Å². The molecule has 0 aromatic heterocycles. The molecule has 0 spiro atoms. The number of aliphatic hydroxyl groups is 2. The minimum atomic E-state index is -0.797. The highest BCUT2D eigenvalue weighted by Crippen LogP contribution is 2.23. The van der Waals surface area contributed by atoms with Crippen LogP contribution in [0.4, 0.5) is 0 Å². The summed E-state index contributed by atoms with van der Waals surface area (Å²) in [6.45, 7) is 4.45. The summed E-state index contributed by atoms with van der Waals surface area (Å²) in [6.07, 6.45) is -0.152. The van der Waals surface area contributed by atoms with Gasteiger partial charge in [0.2, 0.25) is 0 Å². The second kappa shape index (κ2) is 11.5. The van der Waals surface area contributed by atoms with Gasteiger partial charge in [-0.2, -0.15) is 0 Å². The molecule has 3 aromatic carbocycles. The first-order valence-corrected chi connectivity index (χ1v) is 11.5. The van der Waals surface area contributed by atoms with Crippen LogP contribution in [0.25, 0.3) is 0 Å². The number of aromatic hydroxyl groups is 1. The lowest BCUT2D eigenvalue weighted by atomic mass is 9.93. The van der Waals surface area contributed by atoms with Crippen LogP contribution in [0.2, 0.25) is 5.02 Å². The zero-order chi connectivity index (χ0) is 24.7. The molecule has 3 aromatic rings. The summed E-state index contributed by atoms with van der Waals surface area (Å²) in [7, 11) is 0. The molecule has 6 nitrogen and oxygen atoms in total. The van der Waals surface area contributed by atoms with Crippen LogP contribution in [0.1, 0.15) is 52.6 Å². The fourth-order valence-electron chi connectivity index (χ4n) is 3.76. The normalized spacial score (nSPS) is 12.4. The Kier molecular flexibility index (Phi) is 8.69. The van der Waals surface area contributed by atoms with Crippen molar-refractivity contribution in [3.8, 4) is 5.75 Å². The van der Waals surface area contributed by atoms with Gasteiger partial charge >= 0.3 is 0 Å². The summed E-state index contributed by atoms with van der Waals surface area (Å²) < 4.78 is 0. The van der Waals surface area contributed by atoms with E-state index in [4.69, 9.17) is 11.6 Å². The molecule has 34 heavy (non-hydrogen) atoms. The number of phenols is 1. The van der Waals surface area contributed by atoms with Crippen LogP contribution in [0.15, 0.2) is 66.7 Å². The molecule has 0 heterocycles. The van der Waals surface area contributed by atoms with Gasteiger partial charge in [-0.05, 0) is 73.4 Å². The van der Waals surface area contributed by atoms with Crippen LogP contribution in [0.5, 0.6) is 5.75 Å². The van der Waals surface area contributed by atoms with Gasteiger partial charge < -0.3 is 26.0 Å². The largest absolute Gasteiger partial charge is 0.508 e. The molecule has 0 saturated heterocycles. The molecule has 0 aliphatic heterocycles. The van der Waals surface area contributed by atoms with Crippen molar-refractivity contribution in [2.24, 2.45) is 0 Å². The van der Waals surface area contributed by atoms with E-state index in [-0.39, 0.29) is 23.8 Å². The van der Waals surface area contributed by atoms with Crippen LogP contribution in [-0.2, 0) is 19.6 Å². The molecular formula is C27H31ClN2O4. The zero-order valence-corrected chi connectivity index (χ0v) is 20.1. The standard InChI is InChI=1S/C27H31ClN2O4/c1-27(2,30-16-25(33)20-9-10-24(32)22(13-20)17-31)14-18-5-3-7-21(11-18)26(34)29-15-19-6-4-8-23(28)12-19/h3-13,25,30-33H,14-17H2,1-2H3,(H,29,34)/t25-/m0/s1. The third-order valence-electron chi connectivity index (χ3n) is 5.61. The number of benzene rings is 3. The number of halogens is 1. The Morgan fingerprint density at radius 2 is 1.76 bits per heavy atom. The first-order chi connectivity index (χ1) is 16.2. The Bertz CT molecular complexity index is 1130. The molecule has 5 N–H and O–H groups in total. The van der Waals surface area contributed by atoms with E-state index in [1.54, 1.807) is 24.3 Å². The van der Waals surface area contributed by atoms with Crippen molar-refractivity contribution in [3.63, 3.8) is 0 Å². The van der Waals surface area contributed by atoms with Crippen LogP contribution >= 0.6 is 11.6 Å². The molecule has 7 heteroatoms. The maximum absolute atomic E-state index is 12.6. The molecule has 1 atom stereocenters. The topological polar surface area (TPSA) is 102 Å². The number of β-amino-alcohol motifs (C(OH)–C–C–N with tert-alkyl or cyclic N) is 1. The van der Waals surface area contributed by atoms with Gasteiger partial charge in [-0.1, -0.05) is 41.9 Å². The average Bonchev–Trinajstić information content (AvgIpc) is 2.81. The van der Waals surface area contributed by atoms with Gasteiger partial charge in [-0.15, -0.1) is 0 Å². The number of hydrogen-bond acceptors (Lipinski definition) is 5. The number of carbonyl (C=O) groups is 1. The third kappa shape index (κ3) is 7.30. The van der Waals surface area contributed by atoms with E-state index in [1.165, 1.54) is 6.07 Å². The van der Waals surface area contributed by atoms with E-state index < -0.39 is 6.10 Å². The number of nitrogens with one attached hydrogen (secondary N) is 2. The molecule has 0 bridgehead atoms. The molecule has 0 fully saturated rings. The predicted octanol–water partition coefficient (Wildman–Crippen LogP) is 4.11. The molecule has 180 valence electrons. The lowest BCUT2D eigenvalue weighted by Crippen LogP contribution is -2.43. The summed E-state index contributed by atoms with van der Waals surface area (Å²) in [4.78, 5) is 12.6. The maximum Gasteiger partial charge on any atom is 0.251 e. The lowest BCUT2D eigenvalue weighted by molar-refractivity contribution is 0.0950. The Hall–Kier alpha value is -2.90. The van der Waals surface area contributed by atoms with Gasteiger partial charge in [0.15, 0.2) is 0 Å². The summed E-state index contributed by atoms with van der Waals surface area (Å²) >= 11 is 6.00. The Morgan fingerprint density at radius 1 is 1.03 bits per heavy atom. The fourth-order valence-corrected chi connectivity index (χ4v) is 3.97. The van der Waals surface area contributed by atoms with Crippen LogP contribution in [0, 0.1) is 0 Å². The molecule has 0 radical (unpaired) electrons. The van der Waals surface area contributed by atoms with Crippen molar-refractivity contribution < 1.29 is 20.1 Å². The van der Waals surface area contributed by atoms with Crippen LogP contribution < -0.4 is 10.6 Å². The molecular weight excluding hydrogens is 452 g/mol. The predicted molar refractivity (Wildman–Crippen MR) is 134 cm³/mol. The van der Waals surface area contributed by atoms with Crippen molar-refractivity contribution in [1.29, 1.82) is 0 Å². The van der Waals surface area contributed by atoms with Crippen molar-refractivity contribution in [3.05, 3.63) is 99.6 Å².